The Morgan fingerprint density at radius 1 is 1.25 bits per heavy atom. The van der Waals surface area contributed by atoms with Crippen LogP contribution in [0.15, 0.2) is 36.8 Å². The summed E-state index contributed by atoms with van der Waals surface area (Å²) < 4.78 is 9.23. The minimum absolute atomic E-state index is 0.190. The van der Waals surface area contributed by atoms with E-state index in [1.54, 1.807) is 29.3 Å². The van der Waals surface area contributed by atoms with Gasteiger partial charge in [-0.3, -0.25) is 9.20 Å². The lowest BCUT2D eigenvalue weighted by atomic mass is 10.0. The molecule has 0 spiro atoms. The van der Waals surface area contributed by atoms with E-state index in [-0.39, 0.29) is 5.91 Å². The van der Waals surface area contributed by atoms with E-state index in [1.807, 2.05) is 30.6 Å². The van der Waals surface area contributed by atoms with Crippen LogP contribution in [0, 0.1) is 5.92 Å². The lowest BCUT2D eigenvalue weighted by Crippen LogP contribution is -2.25. The van der Waals surface area contributed by atoms with Crippen LogP contribution in [0.3, 0.4) is 0 Å². The van der Waals surface area contributed by atoms with Gasteiger partial charge in [-0.2, -0.15) is 4.98 Å². The second kappa shape index (κ2) is 8.14. The fourth-order valence-electron chi connectivity index (χ4n) is 4.64. The molecule has 1 aliphatic rings. The first kappa shape index (κ1) is 20.3. The van der Waals surface area contributed by atoms with Gasteiger partial charge in [0.15, 0.2) is 0 Å². The summed E-state index contributed by atoms with van der Waals surface area (Å²) in [6, 6.07) is 6.15. The summed E-state index contributed by atoms with van der Waals surface area (Å²) in [4.78, 5) is 21.2. The summed E-state index contributed by atoms with van der Waals surface area (Å²) in [5.41, 5.74) is 3.77. The Kier molecular flexibility index (Phi) is 5.16. The molecule has 4 aromatic rings. The van der Waals surface area contributed by atoms with Crippen molar-refractivity contribution < 1.29 is 9.53 Å². The summed E-state index contributed by atoms with van der Waals surface area (Å²) >= 11 is 0. The molecule has 2 N–H and O–H groups in total. The Morgan fingerprint density at radius 2 is 2.06 bits per heavy atom. The van der Waals surface area contributed by atoms with Crippen molar-refractivity contribution in [1.82, 2.24) is 29.3 Å². The largest absolute Gasteiger partial charge is 0.479 e. The first-order valence-corrected chi connectivity index (χ1v) is 11.0. The van der Waals surface area contributed by atoms with Gasteiger partial charge < -0.3 is 15.4 Å². The van der Waals surface area contributed by atoms with E-state index in [0.29, 0.717) is 35.1 Å². The van der Waals surface area contributed by atoms with Crippen LogP contribution in [0.2, 0.25) is 0 Å². The summed E-state index contributed by atoms with van der Waals surface area (Å²) in [6.45, 7) is 2.20. The molecule has 0 radical (unpaired) electrons. The maximum absolute atomic E-state index is 12.2. The number of anilines is 1. The number of fused-ring (bicyclic) bond motifs is 2. The number of methoxy groups -OCH3 is 1. The lowest BCUT2D eigenvalue weighted by Gasteiger charge is -2.20. The molecule has 0 unspecified atom stereocenters. The Bertz CT molecular complexity index is 1290. The Balaban J connectivity index is 1.54. The normalized spacial score (nSPS) is 15.3. The van der Waals surface area contributed by atoms with Crippen LogP contribution in [-0.4, -0.2) is 50.1 Å². The summed E-state index contributed by atoms with van der Waals surface area (Å²) in [5.74, 6) is 1.52. The molecule has 0 saturated heterocycles. The third-order valence-electron chi connectivity index (χ3n) is 6.41. The highest BCUT2D eigenvalue weighted by atomic mass is 16.5. The molecule has 1 amide bonds. The van der Waals surface area contributed by atoms with Gasteiger partial charge in [0, 0.05) is 36.6 Å². The molecule has 0 aliphatic heterocycles. The zero-order valence-corrected chi connectivity index (χ0v) is 18.5. The number of nitrogens with one attached hydrogen (secondary N) is 2. The van der Waals surface area contributed by atoms with Gasteiger partial charge in [0.2, 0.25) is 11.8 Å². The average molecular weight is 434 g/mol. The molecule has 9 heteroatoms. The molecule has 1 saturated carbocycles. The van der Waals surface area contributed by atoms with Crippen molar-refractivity contribution in [2.75, 3.05) is 19.5 Å². The van der Waals surface area contributed by atoms with E-state index in [0.717, 1.165) is 16.6 Å². The Labute approximate surface area is 185 Å². The van der Waals surface area contributed by atoms with E-state index in [4.69, 9.17) is 4.74 Å². The number of imidazole rings is 1. The number of nitrogens with zero attached hydrogens (tertiary/aromatic N) is 5. The van der Waals surface area contributed by atoms with Gasteiger partial charge in [0.05, 0.1) is 13.3 Å². The predicted molar refractivity (Wildman–Crippen MR) is 122 cm³/mol. The maximum Gasteiger partial charge on any atom is 0.269 e. The highest BCUT2D eigenvalue weighted by Crippen LogP contribution is 2.33. The molecular formula is C23H27N7O2. The molecule has 9 nitrogen and oxygen atoms in total. The van der Waals surface area contributed by atoms with Crippen LogP contribution in [0.25, 0.3) is 22.3 Å². The Hall–Kier alpha value is -3.62. The molecule has 32 heavy (non-hydrogen) atoms. The summed E-state index contributed by atoms with van der Waals surface area (Å²) in [6.07, 6.45) is 10.5. The summed E-state index contributed by atoms with van der Waals surface area (Å²) in [5, 5.41) is 10.8. The highest BCUT2D eigenvalue weighted by Gasteiger charge is 2.23. The van der Waals surface area contributed by atoms with E-state index >= 15 is 0 Å². The zero-order valence-electron chi connectivity index (χ0n) is 18.5. The van der Waals surface area contributed by atoms with Crippen molar-refractivity contribution in [3.05, 3.63) is 42.5 Å². The van der Waals surface area contributed by atoms with Gasteiger partial charge in [-0.1, -0.05) is 12.8 Å². The van der Waals surface area contributed by atoms with Crippen molar-refractivity contribution in [2.24, 2.45) is 5.92 Å². The molecule has 1 fully saturated rings. The molecule has 4 heterocycles. The molecule has 1 aliphatic carbocycles. The number of rotatable bonds is 6. The maximum atomic E-state index is 12.2. The third kappa shape index (κ3) is 3.43. The molecule has 5 rings (SSSR count). The number of hydrogen-bond donors (Lipinski definition) is 2. The first-order chi connectivity index (χ1) is 15.6. The number of amides is 1. The van der Waals surface area contributed by atoms with Crippen molar-refractivity contribution in [3.8, 4) is 17.0 Å². The van der Waals surface area contributed by atoms with E-state index in [2.05, 4.69) is 32.6 Å². The highest BCUT2D eigenvalue weighted by molar-refractivity contribution is 5.93. The molecular weight excluding hydrogens is 406 g/mol. The van der Waals surface area contributed by atoms with Crippen LogP contribution in [0.1, 0.15) is 43.1 Å². The number of aromatic nitrogens is 5. The monoisotopic (exact) mass is 433 g/mol. The van der Waals surface area contributed by atoms with Crippen LogP contribution < -0.4 is 15.4 Å². The van der Waals surface area contributed by atoms with Crippen molar-refractivity contribution in [2.45, 2.75) is 38.6 Å². The molecule has 0 bridgehead atoms. The van der Waals surface area contributed by atoms with Crippen LogP contribution in [-0.2, 0) is 0 Å². The molecule has 1 atom stereocenters. The van der Waals surface area contributed by atoms with Crippen LogP contribution in [0.4, 0.5) is 5.95 Å². The first-order valence-electron chi connectivity index (χ1n) is 11.0. The number of ether oxygens (including phenoxy) is 1. The number of hydrogen-bond acceptors (Lipinski definition) is 6. The standard InChI is InChI=1S/C23H27N7O2/c1-14(15-6-4-5-7-15)26-23-27-22(32-3)20-17(10-11-30(20)28-23)16-8-9-19-25-12-18(21(31)24-2)29(19)13-16/h8-15H,4-7H2,1-3H3,(H,24,31)(H,26,28)/t14-/m0/s1. The van der Waals surface area contributed by atoms with E-state index in [1.165, 1.54) is 25.7 Å². The average Bonchev–Trinajstić information content (AvgIpc) is 3.56. The van der Waals surface area contributed by atoms with Crippen molar-refractivity contribution in [3.63, 3.8) is 0 Å². The second-order valence-electron chi connectivity index (χ2n) is 8.31. The van der Waals surface area contributed by atoms with E-state index < -0.39 is 0 Å². The quantitative estimate of drug-likeness (QED) is 0.484. The van der Waals surface area contributed by atoms with E-state index in [9.17, 15) is 4.79 Å². The zero-order chi connectivity index (χ0) is 22.2. The molecule has 0 aromatic carbocycles. The van der Waals surface area contributed by atoms with Gasteiger partial charge in [-0.15, -0.1) is 5.10 Å². The number of pyridine rings is 1. The van der Waals surface area contributed by atoms with Crippen molar-refractivity contribution >= 4 is 23.0 Å². The molecule has 4 aromatic heterocycles. The molecule has 166 valence electrons. The van der Waals surface area contributed by atoms with Crippen LogP contribution >= 0.6 is 0 Å². The van der Waals surface area contributed by atoms with Crippen molar-refractivity contribution in [1.29, 1.82) is 0 Å². The number of carbonyl (C=O) groups is 1. The number of carbonyl (C=O) groups excluding carboxylic acids is 1. The second-order valence-corrected chi connectivity index (χ2v) is 8.31. The third-order valence-corrected chi connectivity index (χ3v) is 6.41. The predicted octanol–water partition coefficient (Wildman–Crippen LogP) is 3.40. The van der Waals surface area contributed by atoms with Gasteiger partial charge in [0.1, 0.15) is 16.9 Å². The Morgan fingerprint density at radius 3 is 2.81 bits per heavy atom. The fraction of sp³-hybridized carbons (Fsp3) is 0.391. The van der Waals surface area contributed by atoms with Crippen LogP contribution in [0.5, 0.6) is 5.88 Å². The van der Waals surface area contributed by atoms with Gasteiger partial charge in [0.25, 0.3) is 5.91 Å². The smallest absolute Gasteiger partial charge is 0.269 e. The minimum atomic E-state index is -0.190. The minimum Gasteiger partial charge on any atom is -0.479 e. The topological polar surface area (TPSA) is 97.9 Å². The summed E-state index contributed by atoms with van der Waals surface area (Å²) in [7, 11) is 3.22. The fourth-order valence-corrected chi connectivity index (χ4v) is 4.64. The SMILES string of the molecule is CNC(=O)c1cnc2ccc(-c3ccn4nc(N[C@@H](C)C5CCCC5)nc(OC)c34)cn12. The van der Waals surface area contributed by atoms with Gasteiger partial charge in [-0.05, 0) is 43.9 Å². The van der Waals surface area contributed by atoms with Gasteiger partial charge in [-0.25, -0.2) is 9.50 Å². The van der Waals surface area contributed by atoms with Gasteiger partial charge >= 0.3 is 0 Å². The lowest BCUT2D eigenvalue weighted by molar-refractivity contribution is 0.0957.